The summed E-state index contributed by atoms with van der Waals surface area (Å²) < 4.78 is 32.4. The Kier molecular flexibility index (Phi) is 34.2. The summed E-state index contributed by atoms with van der Waals surface area (Å²) in [5, 5.41) is 19.1. The summed E-state index contributed by atoms with van der Waals surface area (Å²) in [6.45, 7) is 2.18. The maximum atomic E-state index is 12.3. The molecule has 0 aliphatic rings. The second-order valence-electron chi connectivity index (χ2n) is 13.3. The normalized spacial score (nSPS) is 14.1. The molecule has 3 N–H and O–H groups in total. The average Bonchev–Trinajstić information content (AvgIpc) is 3.09. The molecule has 10 nitrogen and oxygen atoms in total. The van der Waals surface area contributed by atoms with Crippen LogP contribution in [0.25, 0.3) is 0 Å². The van der Waals surface area contributed by atoms with Crippen molar-refractivity contribution in [2.45, 2.75) is 193 Å². The Morgan fingerprint density at radius 2 is 0.837 bits per heavy atom. The van der Waals surface area contributed by atoms with Gasteiger partial charge in [0.2, 0.25) is 0 Å². The highest BCUT2D eigenvalue weighted by Gasteiger charge is 2.27. The van der Waals surface area contributed by atoms with E-state index in [4.69, 9.17) is 18.5 Å². The molecule has 0 radical (unpaired) electrons. The third kappa shape index (κ3) is 33.6. The molecular weight excluding hydrogens is 647 g/mol. The van der Waals surface area contributed by atoms with Gasteiger partial charge in [0.25, 0.3) is 0 Å². The Hall–Kier alpha value is -1.29. The fourth-order valence-electron chi connectivity index (χ4n) is 5.40. The molecule has 0 bridgehead atoms. The first kappa shape index (κ1) is 47.7. The Labute approximate surface area is 298 Å². The second-order valence-corrected chi connectivity index (χ2v) is 14.7. The topological polar surface area (TPSA) is 149 Å². The first-order valence-electron chi connectivity index (χ1n) is 19.6. The molecule has 0 aliphatic carbocycles. The van der Waals surface area contributed by atoms with Gasteiger partial charge in [-0.1, -0.05) is 142 Å². The number of carbonyl (C=O) groups is 2. The molecule has 0 saturated carbocycles. The van der Waals surface area contributed by atoms with Crippen molar-refractivity contribution < 1.29 is 47.8 Å². The number of hydrogen-bond donors (Lipinski definition) is 3. The number of aliphatic hydroxyl groups excluding tert-OH is 2. The van der Waals surface area contributed by atoms with Crippen LogP contribution in [0.1, 0.15) is 181 Å². The van der Waals surface area contributed by atoms with Crippen molar-refractivity contribution in [3.8, 4) is 0 Å². The van der Waals surface area contributed by atoms with E-state index < -0.39 is 58.4 Å². The van der Waals surface area contributed by atoms with Crippen LogP contribution in [0.2, 0.25) is 0 Å². The van der Waals surface area contributed by atoms with Crippen LogP contribution in [0, 0.1) is 0 Å². The monoisotopic (exact) mass is 720 g/mol. The third-order valence-corrected chi connectivity index (χ3v) is 9.43. The SMILES string of the molecule is CCCCCCCC/C=C\CCCCCCCC(=O)OC(CO)COP(=O)(O)OCC(CO)OC(=O)CCCCCCCCCCCCC. The lowest BCUT2D eigenvalue weighted by Gasteiger charge is -2.20. The molecule has 3 unspecified atom stereocenters. The van der Waals surface area contributed by atoms with Gasteiger partial charge in [-0.2, -0.15) is 0 Å². The average molecular weight is 721 g/mol. The van der Waals surface area contributed by atoms with E-state index in [0.29, 0.717) is 12.8 Å². The van der Waals surface area contributed by atoms with Crippen LogP contribution in [-0.2, 0) is 32.7 Å². The Morgan fingerprint density at radius 3 is 1.16 bits per heavy atom. The number of carbonyl (C=O) groups excluding carboxylic acids is 2. The number of allylic oxidation sites excluding steroid dienone is 2. The largest absolute Gasteiger partial charge is 0.472 e. The number of esters is 2. The van der Waals surface area contributed by atoms with Gasteiger partial charge >= 0.3 is 19.8 Å². The van der Waals surface area contributed by atoms with Crippen molar-refractivity contribution in [2.75, 3.05) is 26.4 Å². The lowest BCUT2D eigenvalue weighted by Crippen LogP contribution is -2.28. The number of rotatable bonds is 37. The number of phosphoric acid groups is 1. The summed E-state index contributed by atoms with van der Waals surface area (Å²) in [7, 11) is -4.62. The molecular formula is C38H73O10P. The van der Waals surface area contributed by atoms with E-state index in [1.54, 1.807) is 0 Å². The molecule has 0 aliphatic heterocycles. The number of ether oxygens (including phenoxy) is 2. The van der Waals surface area contributed by atoms with E-state index in [0.717, 1.165) is 57.8 Å². The molecule has 0 fully saturated rings. The van der Waals surface area contributed by atoms with E-state index >= 15 is 0 Å². The van der Waals surface area contributed by atoms with Crippen LogP contribution in [0.15, 0.2) is 12.2 Å². The summed E-state index contributed by atoms with van der Waals surface area (Å²) in [5.74, 6) is -1.02. The molecule has 0 aromatic carbocycles. The van der Waals surface area contributed by atoms with Gasteiger partial charge in [0, 0.05) is 12.8 Å². The maximum Gasteiger partial charge on any atom is 0.472 e. The van der Waals surface area contributed by atoms with Crippen LogP contribution in [0.5, 0.6) is 0 Å². The van der Waals surface area contributed by atoms with Crippen molar-refractivity contribution in [3.05, 3.63) is 12.2 Å². The van der Waals surface area contributed by atoms with E-state index in [1.165, 1.54) is 83.5 Å². The standard InChI is InChI=1S/C38H73O10P/c1-3-5-7-9-11-13-15-16-17-18-20-22-24-26-28-30-38(42)48-36(32-40)34-46-49(43,44)45-33-35(31-39)47-37(41)29-27-25-23-21-19-14-12-10-8-6-4-2/h16-17,35-36,39-40H,3-15,18-34H2,1-2H3,(H,43,44)/b17-16-. The van der Waals surface area contributed by atoms with Gasteiger partial charge in [-0.05, 0) is 38.5 Å². The molecule has 0 saturated heterocycles. The molecule has 11 heteroatoms. The van der Waals surface area contributed by atoms with Gasteiger partial charge in [0.1, 0.15) is 12.2 Å². The summed E-state index contributed by atoms with van der Waals surface area (Å²) in [6.07, 6.45) is 30.4. The van der Waals surface area contributed by atoms with Gasteiger partial charge in [-0.3, -0.25) is 18.6 Å². The van der Waals surface area contributed by atoms with Crippen LogP contribution in [0.3, 0.4) is 0 Å². The third-order valence-electron chi connectivity index (χ3n) is 8.48. The molecule has 0 rings (SSSR count). The lowest BCUT2D eigenvalue weighted by molar-refractivity contribution is -0.153. The molecule has 0 spiro atoms. The van der Waals surface area contributed by atoms with E-state index in [1.807, 2.05) is 0 Å². The zero-order chi connectivity index (χ0) is 36.3. The van der Waals surface area contributed by atoms with Crippen LogP contribution < -0.4 is 0 Å². The molecule has 0 aromatic rings. The highest BCUT2D eigenvalue weighted by molar-refractivity contribution is 7.47. The molecule has 290 valence electrons. The number of phosphoric ester groups is 1. The molecule has 49 heavy (non-hydrogen) atoms. The molecule has 0 amide bonds. The van der Waals surface area contributed by atoms with Crippen molar-refractivity contribution in [2.24, 2.45) is 0 Å². The van der Waals surface area contributed by atoms with Crippen LogP contribution >= 0.6 is 7.82 Å². The van der Waals surface area contributed by atoms with Crippen LogP contribution in [0.4, 0.5) is 0 Å². The minimum absolute atomic E-state index is 0.185. The van der Waals surface area contributed by atoms with Gasteiger partial charge in [-0.15, -0.1) is 0 Å². The second kappa shape index (κ2) is 35.1. The highest BCUT2D eigenvalue weighted by Crippen LogP contribution is 2.43. The Bertz CT molecular complexity index is 837. The van der Waals surface area contributed by atoms with E-state index in [9.17, 15) is 29.3 Å². The van der Waals surface area contributed by atoms with E-state index in [-0.39, 0.29) is 12.8 Å². The zero-order valence-electron chi connectivity index (χ0n) is 31.2. The van der Waals surface area contributed by atoms with Crippen molar-refractivity contribution >= 4 is 19.8 Å². The minimum atomic E-state index is -4.62. The number of hydrogen-bond acceptors (Lipinski definition) is 9. The summed E-state index contributed by atoms with van der Waals surface area (Å²) in [4.78, 5) is 34.3. The van der Waals surface area contributed by atoms with Crippen molar-refractivity contribution in [1.82, 2.24) is 0 Å². The minimum Gasteiger partial charge on any atom is -0.457 e. The van der Waals surface area contributed by atoms with Gasteiger partial charge in [0.15, 0.2) is 0 Å². The number of unbranched alkanes of at least 4 members (excludes halogenated alkanes) is 21. The maximum absolute atomic E-state index is 12.3. The molecule has 0 aromatic heterocycles. The molecule has 0 heterocycles. The lowest BCUT2D eigenvalue weighted by atomic mass is 10.1. The first-order chi connectivity index (χ1) is 23.8. The fourth-order valence-corrected chi connectivity index (χ4v) is 6.19. The quantitative estimate of drug-likeness (QED) is 0.0245. The summed E-state index contributed by atoms with van der Waals surface area (Å²) >= 11 is 0. The van der Waals surface area contributed by atoms with Gasteiger partial charge < -0.3 is 24.6 Å². The molecule has 3 atom stereocenters. The predicted molar refractivity (Wildman–Crippen MR) is 196 cm³/mol. The fraction of sp³-hybridized carbons (Fsp3) is 0.895. The van der Waals surface area contributed by atoms with Crippen molar-refractivity contribution in [3.63, 3.8) is 0 Å². The highest BCUT2D eigenvalue weighted by atomic mass is 31.2. The number of aliphatic hydroxyl groups is 2. The van der Waals surface area contributed by atoms with Gasteiger partial charge in [-0.25, -0.2) is 4.57 Å². The van der Waals surface area contributed by atoms with Gasteiger partial charge in [0.05, 0.1) is 26.4 Å². The summed E-state index contributed by atoms with van der Waals surface area (Å²) in [5.41, 5.74) is 0. The van der Waals surface area contributed by atoms with Crippen LogP contribution in [-0.4, -0.2) is 65.7 Å². The predicted octanol–water partition coefficient (Wildman–Crippen LogP) is 9.67. The zero-order valence-corrected chi connectivity index (χ0v) is 32.1. The Morgan fingerprint density at radius 1 is 0.531 bits per heavy atom. The first-order valence-corrected chi connectivity index (χ1v) is 21.1. The van der Waals surface area contributed by atoms with Crippen molar-refractivity contribution in [1.29, 1.82) is 0 Å². The Balaban J connectivity index is 3.97. The summed E-state index contributed by atoms with van der Waals surface area (Å²) in [6, 6.07) is 0. The smallest absolute Gasteiger partial charge is 0.457 e. The van der Waals surface area contributed by atoms with E-state index in [2.05, 4.69) is 26.0 Å².